The number of piperidine rings is 1. The van der Waals surface area contributed by atoms with Crippen LogP contribution in [-0.2, 0) is 5.60 Å². The van der Waals surface area contributed by atoms with Gasteiger partial charge in [0, 0.05) is 41.0 Å². The van der Waals surface area contributed by atoms with E-state index < -0.39 is 5.60 Å². The number of nitrogens with zero attached hydrogens (tertiary/aromatic N) is 3. The summed E-state index contributed by atoms with van der Waals surface area (Å²) in [7, 11) is 1.65. The zero-order valence-corrected chi connectivity index (χ0v) is 22.6. The van der Waals surface area contributed by atoms with E-state index in [4.69, 9.17) is 19.4 Å². The van der Waals surface area contributed by atoms with E-state index in [1.165, 1.54) is 24.9 Å². The van der Waals surface area contributed by atoms with E-state index in [1.807, 2.05) is 48.5 Å². The summed E-state index contributed by atoms with van der Waals surface area (Å²) in [4.78, 5) is 12.1. The Morgan fingerprint density at radius 3 is 2.17 bits per heavy atom. The van der Waals surface area contributed by atoms with E-state index in [9.17, 15) is 0 Å². The standard InChI is InChI=1S/C35H31N3O2/c1-39-34-32-29-21-22-35(26-13-7-3-8-14-26,27-15-17-28(18-16-27)38-23-9-4-10-24-38)40-31(29)20-19-30(32)36-33(37-34)25-11-5-2-6-12-25/h2-3,5-8,11-22H,4,9-10,23-24H2,1H3. The fourth-order valence-corrected chi connectivity index (χ4v) is 5.96. The van der Waals surface area contributed by atoms with Gasteiger partial charge in [0.25, 0.3) is 0 Å². The van der Waals surface area contributed by atoms with Gasteiger partial charge in [0.2, 0.25) is 5.88 Å². The molecule has 0 saturated carbocycles. The number of hydrogen-bond donors (Lipinski definition) is 0. The molecule has 0 bridgehead atoms. The number of benzene rings is 4. The van der Waals surface area contributed by atoms with Gasteiger partial charge < -0.3 is 14.4 Å². The van der Waals surface area contributed by atoms with Crippen LogP contribution in [0.1, 0.15) is 36.0 Å². The molecule has 0 amide bonds. The van der Waals surface area contributed by atoms with Crippen LogP contribution in [0.15, 0.2) is 103 Å². The smallest absolute Gasteiger partial charge is 0.225 e. The summed E-state index contributed by atoms with van der Waals surface area (Å²) >= 11 is 0. The number of rotatable bonds is 5. The van der Waals surface area contributed by atoms with Crippen LogP contribution in [0, 0.1) is 0 Å². The van der Waals surface area contributed by atoms with Gasteiger partial charge in [-0.15, -0.1) is 0 Å². The first kappa shape index (κ1) is 24.4. The minimum absolute atomic E-state index is 0.534. The number of aromatic nitrogens is 2. The van der Waals surface area contributed by atoms with Gasteiger partial charge in [-0.3, -0.25) is 0 Å². The topological polar surface area (TPSA) is 47.5 Å². The van der Waals surface area contributed by atoms with Crippen molar-refractivity contribution in [3.63, 3.8) is 0 Å². The molecule has 0 N–H and O–H groups in total. The zero-order valence-electron chi connectivity index (χ0n) is 22.6. The van der Waals surface area contributed by atoms with Crippen molar-refractivity contribution in [2.24, 2.45) is 0 Å². The Kier molecular flexibility index (Phi) is 6.20. The Morgan fingerprint density at radius 1 is 0.750 bits per heavy atom. The molecule has 1 saturated heterocycles. The fourth-order valence-electron chi connectivity index (χ4n) is 5.96. The minimum Gasteiger partial charge on any atom is -0.480 e. The van der Waals surface area contributed by atoms with E-state index in [0.717, 1.165) is 52.0 Å². The molecule has 3 heterocycles. The zero-order chi connectivity index (χ0) is 26.9. The number of fused-ring (bicyclic) bond motifs is 3. The SMILES string of the molecule is COc1nc(-c2ccccc2)nc2ccc3c(c12)C=CC(c1ccccc1)(c1ccc(N2CCCCC2)cc1)O3. The molecule has 1 aromatic heterocycles. The summed E-state index contributed by atoms with van der Waals surface area (Å²) in [6, 6.07) is 33.3. The lowest BCUT2D eigenvalue weighted by atomic mass is 9.83. The van der Waals surface area contributed by atoms with Gasteiger partial charge in [-0.05, 0) is 55.7 Å². The van der Waals surface area contributed by atoms with Crippen molar-refractivity contribution in [3.8, 4) is 23.0 Å². The number of methoxy groups -OCH3 is 1. The van der Waals surface area contributed by atoms with Gasteiger partial charge in [0.1, 0.15) is 5.75 Å². The summed E-state index contributed by atoms with van der Waals surface area (Å²) in [5.41, 5.74) is 5.36. The van der Waals surface area contributed by atoms with Crippen LogP contribution >= 0.6 is 0 Å². The molecule has 1 atom stereocenters. The van der Waals surface area contributed by atoms with Crippen LogP contribution in [0.3, 0.4) is 0 Å². The van der Waals surface area contributed by atoms with Crippen molar-refractivity contribution in [3.05, 3.63) is 120 Å². The number of ether oxygens (including phenoxy) is 2. The van der Waals surface area contributed by atoms with Crippen LogP contribution in [0.5, 0.6) is 11.6 Å². The highest BCUT2D eigenvalue weighted by Gasteiger charge is 2.38. The lowest BCUT2D eigenvalue weighted by Crippen LogP contribution is -2.34. The van der Waals surface area contributed by atoms with Gasteiger partial charge in [-0.1, -0.05) is 72.8 Å². The van der Waals surface area contributed by atoms with E-state index in [-0.39, 0.29) is 0 Å². The molecule has 0 spiro atoms. The first-order valence-electron chi connectivity index (χ1n) is 14.0. The van der Waals surface area contributed by atoms with Gasteiger partial charge in [-0.25, -0.2) is 4.98 Å². The van der Waals surface area contributed by atoms with Crippen LogP contribution in [-0.4, -0.2) is 30.2 Å². The maximum atomic E-state index is 6.99. The molecule has 1 fully saturated rings. The van der Waals surface area contributed by atoms with Crippen molar-refractivity contribution in [1.29, 1.82) is 0 Å². The molecule has 1 unspecified atom stereocenters. The lowest BCUT2D eigenvalue weighted by molar-refractivity contribution is 0.161. The Morgan fingerprint density at radius 2 is 1.45 bits per heavy atom. The molecule has 0 radical (unpaired) electrons. The van der Waals surface area contributed by atoms with Crippen molar-refractivity contribution in [2.75, 3.05) is 25.1 Å². The van der Waals surface area contributed by atoms with Gasteiger partial charge in [0.05, 0.1) is 18.0 Å². The van der Waals surface area contributed by atoms with Gasteiger partial charge in [0.15, 0.2) is 11.4 Å². The summed E-state index contributed by atoms with van der Waals surface area (Å²) in [6.45, 7) is 2.24. The van der Waals surface area contributed by atoms with Crippen molar-refractivity contribution < 1.29 is 9.47 Å². The van der Waals surface area contributed by atoms with Crippen molar-refractivity contribution in [1.82, 2.24) is 9.97 Å². The van der Waals surface area contributed by atoms with Crippen LogP contribution in [0.4, 0.5) is 5.69 Å². The Balaban J connectivity index is 1.33. The Labute approximate surface area is 234 Å². The molecule has 40 heavy (non-hydrogen) atoms. The largest absolute Gasteiger partial charge is 0.480 e. The van der Waals surface area contributed by atoms with Gasteiger partial charge >= 0.3 is 0 Å². The van der Waals surface area contributed by atoms with E-state index in [2.05, 4.69) is 65.6 Å². The molecule has 2 aliphatic heterocycles. The molecule has 7 rings (SSSR count). The summed E-state index contributed by atoms with van der Waals surface area (Å²) < 4.78 is 12.8. The fraction of sp³-hybridized carbons (Fsp3) is 0.200. The molecule has 2 aliphatic rings. The minimum atomic E-state index is -0.763. The first-order chi connectivity index (χ1) is 19.7. The first-order valence-corrected chi connectivity index (χ1v) is 14.0. The number of anilines is 1. The lowest BCUT2D eigenvalue weighted by Gasteiger charge is -2.37. The highest BCUT2D eigenvalue weighted by Crippen LogP contribution is 2.45. The van der Waals surface area contributed by atoms with Crippen LogP contribution in [0.2, 0.25) is 0 Å². The third kappa shape index (κ3) is 4.19. The second-order valence-electron chi connectivity index (χ2n) is 10.4. The molecule has 5 nitrogen and oxygen atoms in total. The predicted molar refractivity (Wildman–Crippen MR) is 161 cm³/mol. The highest BCUT2D eigenvalue weighted by molar-refractivity contribution is 5.96. The third-order valence-corrected chi connectivity index (χ3v) is 8.03. The Hall–Kier alpha value is -4.64. The predicted octanol–water partition coefficient (Wildman–Crippen LogP) is 7.65. The normalized spacial score (nSPS) is 18.3. The third-order valence-electron chi connectivity index (χ3n) is 8.03. The molecular weight excluding hydrogens is 494 g/mol. The average Bonchev–Trinajstić information content (AvgIpc) is 3.05. The summed E-state index contributed by atoms with van der Waals surface area (Å²) in [6.07, 6.45) is 8.13. The maximum Gasteiger partial charge on any atom is 0.225 e. The van der Waals surface area contributed by atoms with Crippen molar-refractivity contribution in [2.45, 2.75) is 24.9 Å². The monoisotopic (exact) mass is 525 g/mol. The molecule has 4 aromatic carbocycles. The quantitative estimate of drug-likeness (QED) is 0.236. The van der Waals surface area contributed by atoms with Crippen LogP contribution < -0.4 is 14.4 Å². The molecule has 5 heteroatoms. The second kappa shape index (κ2) is 10.2. The molecular formula is C35H31N3O2. The highest BCUT2D eigenvalue weighted by atomic mass is 16.5. The second-order valence-corrected chi connectivity index (χ2v) is 10.4. The number of hydrogen-bond acceptors (Lipinski definition) is 5. The van der Waals surface area contributed by atoms with Crippen molar-refractivity contribution >= 4 is 22.7 Å². The van der Waals surface area contributed by atoms with E-state index in [0.29, 0.717) is 11.7 Å². The van der Waals surface area contributed by atoms with Gasteiger partial charge in [-0.2, -0.15) is 4.98 Å². The van der Waals surface area contributed by atoms with E-state index in [1.54, 1.807) is 7.11 Å². The van der Waals surface area contributed by atoms with Crippen LogP contribution in [0.25, 0.3) is 28.4 Å². The van der Waals surface area contributed by atoms with E-state index >= 15 is 0 Å². The maximum absolute atomic E-state index is 6.99. The summed E-state index contributed by atoms with van der Waals surface area (Å²) in [5, 5.41) is 0.845. The molecule has 0 aliphatic carbocycles. The molecule has 5 aromatic rings. The summed E-state index contributed by atoms with van der Waals surface area (Å²) in [5.74, 6) is 1.94. The average molecular weight is 526 g/mol. The molecule has 198 valence electrons. The Bertz CT molecular complexity index is 1680.